The summed E-state index contributed by atoms with van der Waals surface area (Å²) < 4.78 is 0. The minimum atomic E-state index is 0.0151. The van der Waals surface area contributed by atoms with Gasteiger partial charge in [-0.2, -0.15) is 0 Å². The number of carbonyl (C=O) groups is 2. The first-order valence-electron chi connectivity index (χ1n) is 8.82. The number of nitrogens with zero attached hydrogens (tertiary/aromatic N) is 3. The number of hydrogen-bond donors (Lipinski definition) is 2. The molecule has 26 heavy (non-hydrogen) atoms. The number of aromatic nitrogens is 3. The van der Waals surface area contributed by atoms with Crippen molar-refractivity contribution in [1.29, 1.82) is 0 Å². The molecule has 0 atom stereocenters. The lowest BCUT2D eigenvalue weighted by Gasteiger charge is -2.33. The van der Waals surface area contributed by atoms with Crippen molar-refractivity contribution in [3.8, 4) is 0 Å². The van der Waals surface area contributed by atoms with Crippen LogP contribution < -0.4 is 10.2 Å². The predicted molar refractivity (Wildman–Crippen MR) is 100 cm³/mol. The Kier molecular flexibility index (Phi) is 4.06. The number of fused-ring (bicyclic) bond motifs is 3. The second-order valence-corrected chi connectivity index (χ2v) is 6.82. The molecule has 2 N–H and O–H groups in total. The summed E-state index contributed by atoms with van der Waals surface area (Å²) in [6.45, 7) is 4.76. The zero-order valence-corrected chi connectivity index (χ0v) is 14.9. The molecule has 0 unspecified atom stereocenters. The third-order valence-corrected chi connectivity index (χ3v) is 4.98. The molecule has 1 saturated heterocycles. The van der Waals surface area contributed by atoms with Gasteiger partial charge >= 0.3 is 0 Å². The number of nitrogens with one attached hydrogen (secondary N) is 2. The van der Waals surface area contributed by atoms with Crippen molar-refractivity contribution in [3.05, 3.63) is 30.1 Å². The maximum atomic E-state index is 11.8. The normalized spacial score (nSPS) is 15.5. The molecule has 7 heteroatoms. The summed E-state index contributed by atoms with van der Waals surface area (Å²) in [4.78, 5) is 37.5. The monoisotopic (exact) mass is 351 g/mol. The van der Waals surface area contributed by atoms with Crippen LogP contribution in [-0.2, 0) is 4.79 Å². The minimum absolute atomic E-state index is 0.0151. The van der Waals surface area contributed by atoms with E-state index in [2.05, 4.69) is 25.2 Å². The van der Waals surface area contributed by atoms with Crippen molar-refractivity contribution in [2.75, 3.05) is 18.0 Å². The summed E-state index contributed by atoms with van der Waals surface area (Å²) in [5, 5.41) is 4.91. The Morgan fingerprint density at radius 1 is 1.19 bits per heavy atom. The number of rotatable bonds is 3. The van der Waals surface area contributed by atoms with E-state index >= 15 is 0 Å². The molecule has 1 aromatic carbocycles. The van der Waals surface area contributed by atoms with Gasteiger partial charge in [0.05, 0.1) is 5.39 Å². The SMILES string of the molecule is CC(=O)NC1CCN(c2ncnc3[nH]c4ccc(C(C)=O)cc4c23)CC1. The highest BCUT2D eigenvalue weighted by Gasteiger charge is 2.23. The van der Waals surface area contributed by atoms with Crippen LogP contribution >= 0.6 is 0 Å². The molecule has 3 heterocycles. The van der Waals surface area contributed by atoms with Crippen LogP contribution in [0, 0.1) is 0 Å². The molecule has 1 amide bonds. The number of Topliss-reactive ketones (excluding diaryl/α,β-unsaturated/α-hetero) is 1. The molecule has 0 bridgehead atoms. The highest BCUT2D eigenvalue weighted by Crippen LogP contribution is 2.32. The van der Waals surface area contributed by atoms with Gasteiger partial charge in [-0.1, -0.05) is 0 Å². The zero-order chi connectivity index (χ0) is 18.3. The van der Waals surface area contributed by atoms with Crippen LogP contribution in [0.25, 0.3) is 21.9 Å². The third-order valence-electron chi connectivity index (χ3n) is 4.98. The van der Waals surface area contributed by atoms with Crippen LogP contribution in [0.4, 0.5) is 5.82 Å². The number of piperidine rings is 1. The number of aromatic amines is 1. The van der Waals surface area contributed by atoms with Crippen LogP contribution in [-0.4, -0.2) is 45.8 Å². The van der Waals surface area contributed by atoms with Gasteiger partial charge in [0.1, 0.15) is 17.8 Å². The van der Waals surface area contributed by atoms with Gasteiger partial charge in [0.15, 0.2) is 5.78 Å². The Hall–Kier alpha value is -2.96. The predicted octanol–water partition coefficient (Wildman–Crippen LogP) is 2.42. The first-order valence-corrected chi connectivity index (χ1v) is 8.82. The number of carbonyl (C=O) groups excluding carboxylic acids is 2. The van der Waals surface area contributed by atoms with E-state index in [0.29, 0.717) is 5.56 Å². The maximum Gasteiger partial charge on any atom is 0.217 e. The van der Waals surface area contributed by atoms with E-state index < -0.39 is 0 Å². The number of ketones is 1. The lowest BCUT2D eigenvalue weighted by atomic mass is 10.0. The minimum Gasteiger partial charge on any atom is -0.356 e. The van der Waals surface area contributed by atoms with E-state index in [4.69, 9.17) is 0 Å². The fourth-order valence-electron chi connectivity index (χ4n) is 3.69. The summed E-state index contributed by atoms with van der Waals surface area (Å²) in [6.07, 6.45) is 3.33. The average Bonchev–Trinajstić information content (AvgIpc) is 2.99. The molecule has 3 aromatic rings. The van der Waals surface area contributed by atoms with Gasteiger partial charge in [0, 0.05) is 42.5 Å². The number of H-pyrrole nitrogens is 1. The van der Waals surface area contributed by atoms with Crippen LogP contribution in [0.15, 0.2) is 24.5 Å². The van der Waals surface area contributed by atoms with Crippen molar-refractivity contribution in [1.82, 2.24) is 20.3 Å². The van der Waals surface area contributed by atoms with Crippen LogP contribution in [0.3, 0.4) is 0 Å². The highest BCUT2D eigenvalue weighted by atomic mass is 16.1. The van der Waals surface area contributed by atoms with Crippen molar-refractivity contribution in [2.45, 2.75) is 32.7 Å². The molecule has 1 fully saturated rings. The standard InChI is InChI=1S/C19H21N5O2/c1-11(25)13-3-4-16-15(9-13)17-18(23-16)20-10-21-19(17)24-7-5-14(6-8-24)22-12(2)26/h3-4,9-10,14H,5-8H2,1-2H3,(H,22,26)(H,20,21,23). The number of amides is 1. The third kappa shape index (κ3) is 2.89. The van der Waals surface area contributed by atoms with Crippen LogP contribution in [0.5, 0.6) is 0 Å². The van der Waals surface area contributed by atoms with Gasteiger partial charge in [-0.15, -0.1) is 0 Å². The first-order chi connectivity index (χ1) is 12.5. The molecule has 1 aliphatic rings. The van der Waals surface area contributed by atoms with Gasteiger partial charge in [0.2, 0.25) is 5.91 Å². The lowest BCUT2D eigenvalue weighted by molar-refractivity contribution is -0.119. The maximum absolute atomic E-state index is 11.8. The molecule has 2 aromatic heterocycles. The summed E-state index contributed by atoms with van der Waals surface area (Å²) >= 11 is 0. The van der Waals surface area contributed by atoms with Crippen molar-refractivity contribution in [3.63, 3.8) is 0 Å². The summed E-state index contributed by atoms with van der Waals surface area (Å²) in [5.41, 5.74) is 2.40. The largest absolute Gasteiger partial charge is 0.356 e. The van der Waals surface area contributed by atoms with E-state index in [1.165, 1.54) is 0 Å². The van der Waals surface area contributed by atoms with E-state index in [-0.39, 0.29) is 17.7 Å². The molecule has 0 spiro atoms. The molecule has 134 valence electrons. The average molecular weight is 351 g/mol. The summed E-state index contributed by atoms with van der Waals surface area (Å²) in [7, 11) is 0. The van der Waals surface area contributed by atoms with E-state index in [1.807, 2.05) is 18.2 Å². The van der Waals surface area contributed by atoms with E-state index in [0.717, 1.165) is 53.7 Å². The van der Waals surface area contributed by atoms with Crippen LogP contribution in [0.2, 0.25) is 0 Å². The molecule has 7 nitrogen and oxygen atoms in total. The quantitative estimate of drug-likeness (QED) is 0.707. The van der Waals surface area contributed by atoms with E-state index in [9.17, 15) is 9.59 Å². The molecule has 0 saturated carbocycles. The zero-order valence-electron chi connectivity index (χ0n) is 14.9. The van der Waals surface area contributed by atoms with Gasteiger partial charge in [-0.25, -0.2) is 9.97 Å². The molecule has 4 rings (SSSR count). The fraction of sp³-hybridized carbons (Fsp3) is 0.368. The van der Waals surface area contributed by atoms with Gasteiger partial charge < -0.3 is 15.2 Å². The lowest BCUT2D eigenvalue weighted by Crippen LogP contribution is -2.44. The Morgan fingerprint density at radius 2 is 1.96 bits per heavy atom. The molecular weight excluding hydrogens is 330 g/mol. The molecular formula is C19H21N5O2. The topological polar surface area (TPSA) is 91.0 Å². The van der Waals surface area contributed by atoms with Crippen molar-refractivity contribution in [2.24, 2.45) is 0 Å². The second-order valence-electron chi connectivity index (χ2n) is 6.82. The van der Waals surface area contributed by atoms with Gasteiger partial charge in [0.25, 0.3) is 0 Å². The smallest absolute Gasteiger partial charge is 0.217 e. The molecule has 0 radical (unpaired) electrons. The second kappa shape index (κ2) is 6.40. The van der Waals surface area contributed by atoms with Crippen molar-refractivity contribution >= 4 is 39.4 Å². The first kappa shape index (κ1) is 16.5. The number of hydrogen-bond acceptors (Lipinski definition) is 5. The molecule has 1 aliphatic heterocycles. The Morgan fingerprint density at radius 3 is 2.65 bits per heavy atom. The van der Waals surface area contributed by atoms with E-state index in [1.54, 1.807) is 20.2 Å². The number of anilines is 1. The van der Waals surface area contributed by atoms with Crippen LogP contribution in [0.1, 0.15) is 37.0 Å². The molecule has 0 aliphatic carbocycles. The summed E-state index contributed by atoms with van der Waals surface area (Å²) in [5.74, 6) is 0.931. The highest BCUT2D eigenvalue weighted by molar-refractivity contribution is 6.13. The fourth-order valence-corrected chi connectivity index (χ4v) is 3.69. The van der Waals surface area contributed by atoms with Crippen molar-refractivity contribution < 1.29 is 9.59 Å². The Labute approximate surface area is 150 Å². The Bertz CT molecular complexity index is 1000. The summed E-state index contributed by atoms with van der Waals surface area (Å²) in [6, 6.07) is 5.87. The number of benzene rings is 1. The van der Waals surface area contributed by atoms with Gasteiger partial charge in [-0.05, 0) is 38.0 Å². The Balaban J connectivity index is 1.73. The van der Waals surface area contributed by atoms with Gasteiger partial charge in [-0.3, -0.25) is 9.59 Å².